The first kappa shape index (κ1) is 19.4. The van der Waals surface area contributed by atoms with Gasteiger partial charge in [-0.3, -0.25) is 10.4 Å². The Kier molecular flexibility index (Phi) is 6.64. The van der Waals surface area contributed by atoms with Crippen LogP contribution in [0.25, 0.3) is 11.1 Å². The van der Waals surface area contributed by atoms with E-state index in [-0.39, 0.29) is 6.61 Å². The van der Waals surface area contributed by atoms with Gasteiger partial charge in [-0.05, 0) is 37.4 Å². The molecule has 0 radical (unpaired) electrons. The lowest BCUT2D eigenvalue weighted by Crippen LogP contribution is -2.20. The van der Waals surface area contributed by atoms with Crippen LogP contribution in [0, 0.1) is 0 Å². The van der Waals surface area contributed by atoms with Gasteiger partial charge in [-0.2, -0.15) is 5.10 Å². The summed E-state index contributed by atoms with van der Waals surface area (Å²) in [6, 6.07) is 15.1. The van der Waals surface area contributed by atoms with Gasteiger partial charge in [-0.15, -0.1) is 0 Å². The van der Waals surface area contributed by atoms with Crippen molar-refractivity contribution in [2.75, 3.05) is 32.6 Å². The van der Waals surface area contributed by atoms with Crippen LogP contribution >= 0.6 is 0 Å². The molecular weight excluding hydrogens is 356 g/mol. The molecule has 0 aliphatic heterocycles. The summed E-state index contributed by atoms with van der Waals surface area (Å²) in [6.45, 7) is 1.46. The number of rotatable bonds is 8. The highest BCUT2D eigenvalue weighted by molar-refractivity contribution is 5.87. The maximum atomic E-state index is 12.2. The molecule has 2 aromatic carbocycles. The van der Waals surface area contributed by atoms with Crippen LogP contribution in [0.1, 0.15) is 5.56 Å². The van der Waals surface area contributed by atoms with Crippen molar-refractivity contribution in [3.8, 4) is 16.9 Å². The molecule has 1 aromatic heterocycles. The Bertz CT molecular complexity index is 880. The zero-order valence-electron chi connectivity index (χ0n) is 16.0. The molecule has 0 bridgehead atoms. The molecule has 1 amide bonds. The van der Waals surface area contributed by atoms with E-state index in [0.29, 0.717) is 18.0 Å². The number of likely N-dealkylation sites (N-methyl/N-ethyl adjacent to an activating group) is 1. The van der Waals surface area contributed by atoms with Crippen molar-refractivity contribution >= 4 is 11.8 Å². The topological polar surface area (TPSA) is 79.5 Å². The summed E-state index contributed by atoms with van der Waals surface area (Å²) in [5.74, 6) is 0.581. The lowest BCUT2D eigenvalue weighted by molar-refractivity contribution is 0.155. The number of amides is 1. The van der Waals surface area contributed by atoms with Crippen molar-refractivity contribution in [1.29, 1.82) is 0 Å². The Morgan fingerprint density at radius 1 is 1.14 bits per heavy atom. The lowest BCUT2D eigenvalue weighted by atomic mass is 10.1. The average molecular weight is 380 g/mol. The standard InChI is InChI=1S/C21H24N4O3/c1-25(2)10-11-27-20-12-17(18-13-22-23-14-18)8-9-19(20)24-21(26)28-15-16-6-4-3-5-7-16/h3-9,12-14H,10-11,15H2,1-2H3,(H,22,23)(H,24,26). The van der Waals surface area contributed by atoms with E-state index in [1.165, 1.54) is 0 Å². The minimum Gasteiger partial charge on any atom is -0.490 e. The van der Waals surface area contributed by atoms with Crippen LogP contribution < -0.4 is 10.1 Å². The number of nitrogens with zero attached hydrogens (tertiary/aromatic N) is 2. The molecule has 7 nitrogen and oxygen atoms in total. The van der Waals surface area contributed by atoms with Gasteiger partial charge in [0.05, 0.1) is 11.9 Å². The van der Waals surface area contributed by atoms with Gasteiger partial charge in [-0.25, -0.2) is 4.79 Å². The van der Waals surface area contributed by atoms with Crippen LogP contribution in [0.15, 0.2) is 60.9 Å². The second-order valence-electron chi connectivity index (χ2n) is 6.54. The van der Waals surface area contributed by atoms with Crippen LogP contribution in [0.2, 0.25) is 0 Å². The summed E-state index contributed by atoms with van der Waals surface area (Å²) in [4.78, 5) is 14.3. The zero-order chi connectivity index (χ0) is 19.8. The van der Waals surface area contributed by atoms with Crippen molar-refractivity contribution in [3.63, 3.8) is 0 Å². The van der Waals surface area contributed by atoms with Crippen molar-refractivity contribution in [3.05, 3.63) is 66.5 Å². The summed E-state index contributed by atoms with van der Waals surface area (Å²) in [6.07, 6.45) is 3.01. The molecule has 2 N–H and O–H groups in total. The first-order valence-electron chi connectivity index (χ1n) is 9.00. The fourth-order valence-corrected chi connectivity index (χ4v) is 2.54. The predicted octanol–water partition coefficient (Wildman–Crippen LogP) is 3.77. The van der Waals surface area contributed by atoms with Gasteiger partial charge < -0.3 is 14.4 Å². The third kappa shape index (κ3) is 5.59. The molecule has 0 spiro atoms. The SMILES string of the molecule is CN(C)CCOc1cc(-c2cn[nH]c2)ccc1NC(=O)OCc1ccccc1. The Balaban J connectivity index is 1.69. The molecule has 146 valence electrons. The summed E-state index contributed by atoms with van der Waals surface area (Å²) >= 11 is 0. The number of aromatic amines is 1. The highest BCUT2D eigenvalue weighted by Gasteiger charge is 2.12. The van der Waals surface area contributed by atoms with Crippen LogP contribution in [0.4, 0.5) is 10.5 Å². The van der Waals surface area contributed by atoms with Crippen molar-refractivity contribution < 1.29 is 14.3 Å². The molecule has 0 atom stereocenters. The number of aromatic nitrogens is 2. The van der Waals surface area contributed by atoms with Gasteiger partial charge in [0.15, 0.2) is 0 Å². The van der Waals surface area contributed by atoms with Crippen LogP contribution in [0.3, 0.4) is 0 Å². The molecule has 0 saturated heterocycles. The molecule has 0 saturated carbocycles. The van der Waals surface area contributed by atoms with Crippen LogP contribution in [0.5, 0.6) is 5.75 Å². The number of ether oxygens (including phenoxy) is 2. The lowest BCUT2D eigenvalue weighted by Gasteiger charge is -2.16. The number of nitrogens with one attached hydrogen (secondary N) is 2. The second-order valence-corrected chi connectivity index (χ2v) is 6.54. The molecule has 0 aliphatic rings. The van der Waals surface area contributed by atoms with Gasteiger partial charge in [0.2, 0.25) is 0 Å². The molecule has 3 rings (SSSR count). The maximum Gasteiger partial charge on any atom is 0.412 e. The largest absolute Gasteiger partial charge is 0.490 e. The van der Waals surface area contributed by atoms with E-state index >= 15 is 0 Å². The smallest absolute Gasteiger partial charge is 0.412 e. The Labute approximate surface area is 164 Å². The quantitative estimate of drug-likeness (QED) is 0.622. The Morgan fingerprint density at radius 2 is 1.96 bits per heavy atom. The first-order chi connectivity index (χ1) is 13.6. The molecule has 0 fully saturated rings. The van der Waals surface area contributed by atoms with Gasteiger partial charge in [0.1, 0.15) is 19.0 Å². The van der Waals surface area contributed by atoms with E-state index < -0.39 is 6.09 Å². The minimum atomic E-state index is -0.530. The monoisotopic (exact) mass is 380 g/mol. The van der Waals surface area contributed by atoms with Crippen molar-refractivity contribution in [1.82, 2.24) is 15.1 Å². The van der Waals surface area contributed by atoms with E-state index in [4.69, 9.17) is 9.47 Å². The Hall–Kier alpha value is -3.32. The fourth-order valence-electron chi connectivity index (χ4n) is 2.54. The summed E-state index contributed by atoms with van der Waals surface area (Å²) in [7, 11) is 3.96. The van der Waals surface area contributed by atoms with E-state index in [1.807, 2.05) is 61.5 Å². The Morgan fingerprint density at radius 3 is 2.68 bits per heavy atom. The molecule has 1 heterocycles. The number of anilines is 1. The summed E-state index contributed by atoms with van der Waals surface area (Å²) in [5, 5.41) is 9.54. The van der Waals surface area contributed by atoms with Crippen LogP contribution in [-0.4, -0.2) is 48.4 Å². The molecule has 0 unspecified atom stereocenters. The molecule has 7 heteroatoms. The highest BCUT2D eigenvalue weighted by atomic mass is 16.5. The van der Waals surface area contributed by atoms with Gasteiger partial charge >= 0.3 is 6.09 Å². The maximum absolute atomic E-state index is 12.2. The fraction of sp³-hybridized carbons (Fsp3) is 0.238. The van der Waals surface area contributed by atoms with E-state index in [9.17, 15) is 4.79 Å². The number of hydrogen-bond acceptors (Lipinski definition) is 5. The number of benzene rings is 2. The highest BCUT2D eigenvalue weighted by Crippen LogP contribution is 2.31. The molecule has 28 heavy (non-hydrogen) atoms. The average Bonchev–Trinajstić information content (AvgIpc) is 3.23. The first-order valence-corrected chi connectivity index (χ1v) is 9.00. The molecule has 3 aromatic rings. The second kappa shape index (κ2) is 9.57. The minimum absolute atomic E-state index is 0.205. The summed E-state index contributed by atoms with van der Waals surface area (Å²) < 4.78 is 11.2. The van der Waals surface area contributed by atoms with E-state index in [0.717, 1.165) is 23.2 Å². The summed E-state index contributed by atoms with van der Waals surface area (Å²) in [5.41, 5.74) is 3.37. The van der Waals surface area contributed by atoms with Gasteiger partial charge in [0.25, 0.3) is 0 Å². The number of carbonyl (C=O) groups excluding carboxylic acids is 1. The molecular formula is C21H24N4O3. The number of carbonyl (C=O) groups is 1. The third-order valence-electron chi connectivity index (χ3n) is 4.06. The number of hydrogen-bond donors (Lipinski definition) is 2. The normalized spacial score (nSPS) is 10.7. The van der Waals surface area contributed by atoms with Gasteiger partial charge in [0, 0.05) is 18.3 Å². The zero-order valence-corrected chi connectivity index (χ0v) is 16.0. The predicted molar refractivity (Wildman–Crippen MR) is 108 cm³/mol. The van der Waals surface area contributed by atoms with Crippen molar-refractivity contribution in [2.45, 2.75) is 6.61 Å². The number of H-pyrrole nitrogens is 1. The molecule has 0 aliphatic carbocycles. The van der Waals surface area contributed by atoms with Crippen molar-refractivity contribution in [2.24, 2.45) is 0 Å². The van der Waals surface area contributed by atoms with Crippen LogP contribution in [-0.2, 0) is 11.3 Å². The van der Waals surface area contributed by atoms with Gasteiger partial charge in [-0.1, -0.05) is 36.4 Å². The van der Waals surface area contributed by atoms with E-state index in [2.05, 4.69) is 15.5 Å². The third-order valence-corrected chi connectivity index (χ3v) is 4.06. The van der Waals surface area contributed by atoms with E-state index in [1.54, 1.807) is 18.5 Å².